The molecule has 204 valence electrons. The Balaban J connectivity index is 1.33. The third kappa shape index (κ3) is 7.06. The van der Waals surface area contributed by atoms with Crippen molar-refractivity contribution in [2.45, 2.75) is 11.8 Å². The van der Waals surface area contributed by atoms with E-state index in [0.29, 0.717) is 42.5 Å². The van der Waals surface area contributed by atoms with Gasteiger partial charge in [-0.05, 0) is 67.6 Å². The molecule has 1 aliphatic heterocycles. The molecule has 3 aromatic rings. The Bertz CT molecular complexity index is 1420. The van der Waals surface area contributed by atoms with Crippen molar-refractivity contribution in [1.82, 2.24) is 9.21 Å². The average Bonchev–Trinajstić information content (AvgIpc) is 2.93. The molecule has 0 aliphatic carbocycles. The zero-order valence-corrected chi connectivity index (χ0v) is 23.3. The van der Waals surface area contributed by atoms with Gasteiger partial charge in [-0.1, -0.05) is 35.4 Å². The number of piperazine rings is 1. The van der Waals surface area contributed by atoms with Crippen molar-refractivity contribution in [2.24, 2.45) is 0 Å². The first-order valence-electron chi connectivity index (χ1n) is 12.5. The molecule has 4 rings (SSSR count). The highest BCUT2D eigenvalue weighted by atomic mass is 35.5. The number of hydrogen-bond acceptors (Lipinski definition) is 5. The van der Waals surface area contributed by atoms with Crippen LogP contribution in [0.4, 0.5) is 11.4 Å². The lowest BCUT2D eigenvalue weighted by atomic mass is 10.1. The van der Waals surface area contributed by atoms with E-state index in [-0.39, 0.29) is 23.9 Å². The van der Waals surface area contributed by atoms with Gasteiger partial charge in [-0.3, -0.25) is 9.59 Å². The van der Waals surface area contributed by atoms with Crippen LogP contribution in [0, 0.1) is 6.92 Å². The largest absolute Gasteiger partial charge is 0.368 e. The van der Waals surface area contributed by atoms with Crippen LogP contribution in [-0.4, -0.2) is 68.7 Å². The number of rotatable bonds is 9. The monoisotopic (exact) mass is 566 g/mol. The van der Waals surface area contributed by atoms with Crippen molar-refractivity contribution in [3.05, 3.63) is 102 Å². The Morgan fingerprint density at radius 3 is 2.15 bits per heavy atom. The highest BCUT2D eigenvalue weighted by Gasteiger charge is 2.26. The van der Waals surface area contributed by atoms with E-state index in [1.54, 1.807) is 12.1 Å². The lowest BCUT2D eigenvalue weighted by Gasteiger charge is -2.36. The molecule has 0 bridgehead atoms. The van der Waals surface area contributed by atoms with E-state index in [1.807, 2.05) is 48.2 Å². The topological polar surface area (TPSA) is 90.0 Å². The summed E-state index contributed by atoms with van der Waals surface area (Å²) in [4.78, 5) is 29.6. The first-order valence-corrected chi connectivity index (χ1v) is 14.4. The van der Waals surface area contributed by atoms with Gasteiger partial charge < -0.3 is 15.1 Å². The number of hydrogen-bond donors (Lipinski definition) is 1. The minimum absolute atomic E-state index is 0.0181. The maximum absolute atomic E-state index is 13.0. The fourth-order valence-electron chi connectivity index (χ4n) is 4.31. The molecule has 0 aromatic heterocycles. The number of aryl methyl sites for hydroxylation is 1. The number of carbonyl (C=O) groups is 2. The van der Waals surface area contributed by atoms with E-state index in [1.165, 1.54) is 30.3 Å². The van der Waals surface area contributed by atoms with Crippen molar-refractivity contribution in [2.75, 3.05) is 49.5 Å². The quantitative estimate of drug-likeness (QED) is 0.387. The summed E-state index contributed by atoms with van der Waals surface area (Å²) in [6.07, 6.45) is 1.43. The van der Waals surface area contributed by atoms with E-state index < -0.39 is 15.9 Å². The molecule has 0 spiro atoms. The third-order valence-corrected chi connectivity index (χ3v) is 8.56. The molecular weight excluding hydrogens is 536 g/mol. The Labute approximate surface area is 234 Å². The molecule has 1 aliphatic rings. The lowest BCUT2D eigenvalue weighted by molar-refractivity contribution is -0.116. The number of nitrogens with zero attached hydrogens (tertiary/aromatic N) is 3. The van der Waals surface area contributed by atoms with Crippen LogP contribution in [0.3, 0.4) is 0 Å². The van der Waals surface area contributed by atoms with Crippen molar-refractivity contribution in [3.8, 4) is 0 Å². The van der Waals surface area contributed by atoms with Crippen molar-refractivity contribution < 1.29 is 18.0 Å². The number of anilines is 2. The minimum atomic E-state index is -3.91. The maximum Gasteiger partial charge on any atom is 0.253 e. The van der Waals surface area contributed by atoms with Crippen LogP contribution >= 0.6 is 11.6 Å². The zero-order chi connectivity index (χ0) is 28.0. The molecule has 10 heteroatoms. The molecule has 0 saturated carbocycles. The Hall–Kier alpha value is -3.66. The predicted octanol–water partition coefficient (Wildman–Crippen LogP) is 4.43. The standard InChI is InChI=1S/C29H31ClN4O4S/c1-3-16-34(39(37,38)27-14-8-24(30)9-15-27)21-28(35)31-25-10-12-26(13-11-25)32-17-19-33(20-18-32)29(36)23-6-4-22(2)5-7-23/h3-15H,1,16-21H2,2H3,(H,31,35). The second-order valence-electron chi connectivity index (χ2n) is 9.28. The number of halogens is 1. The maximum atomic E-state index is 13.0. The van der Waals surface area contributed by atoms with Crippen LogP contribution in [0.25, 0.3) is 0 Å². The molecule has 1 heterocycles. The molecule has 2 amide bonds. The Kier molecular flexibility index (Phi) is 9.06. The van der Waals surface area contributed by atoms with E-state index >= 15 is 0 Å². The number of amides is 2. The molecule has 1 saturated heterocycles. The van der Waals surface area contributed by atoms with Gasteiger partial charge in [-0.25, -0.2) is 8.42 Å². The van der Waals surface area contributed by atoms with Crippen molar-refractivity contribution in [1.29, 1.82) is 0 Å². The molecule has 8 nitrogen and oxygen atoms in total. The molecule has 3 aromatic carbocycles. The summed E-state index contributed by atoms with van der Waals surface area (Å²) >= 11 is 5.88. The molecular formula is C29H31ClN4O4S. The fourth-order valence-corrected chi connectivity index (χ4v) is 5.80. The zero-order valence-electron chi connectivity index (χ0n) is 21.7. The van der Waals surface area contributed by atoms with E-state index in [2.05, 4.69) is 16.8 Å². The highest BCUT2D eigenvalue weighted by molar-refractivity contribution is 7.89. The Morgan fingerprint density at radius 1 is 0.949 bits per heavy atom. The molecule has 1 fully saturated rings. The van der Waals surface area contributed by atoms with Gasteiger partial charge in [-0.15, -0.1) is 6.58 Å². The predicted molar refractivity (Wildman–Crippen MR) is 155 cm³/mol. The second-order valence-corrected chi connectivity index (χ2v) is 11.7. The summed E-state index contributed by atoms with van der Waals surface area (Å²) in [5.41, 5.74) is 3.35. The van der Waals surface area contributed by atoms with Crippen LogP contribution in [0.5, 0.6) is 0 Å². The van der Waals surface area contributed by atoms with E-state index in [9.17, 15) is 18.0 Å². The third-order valence-electron chi connectivity index (χ3n) is 6.49. The van der Waals surface area contributed by atoms with Crippen LogP contribution in [0.1, 0.15) is 15.9 Å². The van der Waals surface area contributed by atoms with Crippen molar-refractivity contribution >= 4 is 44.8 Å². The van der Waals surface area contributed by atoms with Gasteiger partial charge in [-0.2, -0.15) is 4.31 Å². The second kappa shape index (κ2) is 12.5. The summed E-state index contributed by atoms with van der Waals surface area (Å²) in [6, 6.07) is 20.8. The van der Waals surface area contributed by atoms with E-state index in [0.717, 1.165) is 15.6 Å². The van der Waals surface area contributed by atoms with Crippen molar-refractivity contribution in [3.63, 3.8) is 0 Å². The summed E-state index contributed by atoms with van der Waals surface area (Å²) in [7, 11) is -3.91. The SMILES string of the molecule is C=CCN(CC(=O)Nc1ccc(N2CCN(C(=O)c3ccc(C)cc3)CC2)cc1)S(=O)(=O)c1ccc(Cl)cc1. The Morgan fingerprint density at radius 2 is 1.56 bits per heavy atom. The molecule has 0 unspecified atom stereocenters. The van der Waals surface area contributed by atoms with Gasteiger partial charge in [0.2, 0.25) is 15.9 Å². The minimum Gasteiger partial charge on any atom is -0.368 e. The normalized spacial score (nSPS) is 13.8. The van der Waals surface area contributed by atoms with Gasteiger partial charge in [0.1, 0.15) is 0 Å². The number of carbonyl (C=O) groups excluding carboxylic acids is 2. The smallest absolute Gasteiger partial charge is 0.253 e. The summed E-state index contributed by atoms with van der Waals surface area (Å²) in [5, 5.41) is 3.19. The van der Waals surface area contributed by atoms with Gasteiger partial charge >= 0.3 is 0 Å². The molecule has 1 N–H and O–H groups in total. The van der Waals surface area contributed by atoms with Gasteiger partial charge in [0.05, 0.1) is 11.4 Å². The molecule has 39 heavy (non-hydrogen) atoms. The number of sulfonamides is 1. The van der Waals surface area contributed by atoms with Crippen LogP contribution in [0.2, 0.25) is 5.02 Å². The summed E-state index contributed by atoms with van der Waals surface area (Å²) in [5.74, 6) is -0.429. The number of benzene rings is 3. The summed E-state index contributed by atoms with van der Waals surface area (Å²) in [6.45, 7) is 7.85. The highest BCUT2D eigenvalue weighted by Crippen LogP contribution is 2.22. The first kappa shape index (κ1) is 28.4. The average molecular weight is 567 g/mol. The fraction of sp³-hybridized carbons (Fsp3) is 0.241. The van der Waals surface area contributed by atoms with Crippen LogP contribution in [0.15, 0.2) is 90.3 Å². The van der Waals surface area contributed by atoms with Gasteiger partial charge in [0.15, 0.2) is 0 Å². The van der Waals surface area contributed by atoms with E-state index in [4.69, 9.17) is 11.6 Å². The first-order chi connectivity index (χ1) is 18.7. The van der Waals surface area contributed by atoms with Gasteiger partial charge in [0, 0.05) is 54.7 Å². The van der Waals surface area contributed by atoms with Crippen LogP contribution in [-0.2, 0) is 14.8 Å². The van der Waals surface area contributed by atoms with Crippen LogP contribution < -0.4 is 10.2 Å². The lowest BCUT2D eigenvalue weighted by Crippen LogP contribution is -2.48. The summed E-state index contributed by atoms with van der Waals surface area (Å²) < 4.78 is 27.1. The number of nitrogens with one attached hydrogen (secondary N) is 1. The molecule has 0 radical (unpaired) electrons. The van der Waals surface area contributed by atoms with Gasteiger partial charge in [0.25, 0.3) is 5.91 Å². The molecule has 0 atom stereocenters.